The van der Waals surface area contributed by atoms with Gasteiger partial charge in [0.15, 0.2) is 0 Å². The largest absolute Gasteiger partial charge is 0.609 e. The summed E-state index contributed by atoms with van der Waals surface area (Å²) in [7, 11) is 0. The normalized spacial score (nSPS) is 15.3. The van der Waals surface area contributed by atoms with Gasteiger partial charge in [0.05, 0.1) is 17.3 Å². The molecule has 0 bridgehead atoms. The molecule has 1 aliphatic rings. The van der Waals surface area contributed by atoms with Crippen LogP contribution in [0.5, 0.6) is 0 Å². The lowest BCUT2D eigenvalue weighted by Gasteiger charge is -2.31. The summed E-state index contributed by atoms with van der Waals surface area (Å²) in [6.07, 6.45) is 2.30. The maximum Gasteiger partial charge on any atom is 0.344 e. The Kier molecular flexibility index (Phi) is 4.50. The molecule has 0 N–H and O–H groups in total. The van der Waals surface area contributed by atoms with Crippen molar-refractivity contribution in [3.8, 4) is 0 Å². The van der Waals surface area contributed by atoms with Crippen LogP contribution in [-0.4, -0.2) is 27.3 Å². The zero-order valence-corrected chi connectivity index (χ0v) is 15.8. The van der Waals surface area contributed by atoms with E-state index in [1.54, 1.807) is 6.26 Å². The summed E-state index contributed by atoms with van der Waals surface area (Å²) in [5.74, 6) is 0. The number of fused-ring (bicyclic) bond motifs is 2. The van der Waals surface area contributed by atoms with E-state index in [-0.39, 0.29) is 5.16 Å². The molecule has 3 aromatic rings. The van der Waals surface area contributed by atoms with Crippen LogP contribution < -0.4 is 4.90 Å². The van der Waals surface area contributed by atoms with E-state index in [0.717, 1.165) is 45.7 Å². The van der Waals surface area contributed by atoms with Gasteiger partial charge >= 0.3 is 5.16 Å². The second kappa shape index (κ2) is 6.65. The zero-order chi connectivity index (χ0) is 17.6. The van der Waals surface area contributed by atoms with Gasteiger partial charge in [0.1, 0.15) is 11.4 Å². The Morgan fingerprint density at radius 1 is 1.12 bits per heavy atom. The van der Waals surface area contributed by atoms with E-state index in [4.69, 9.17) is 23.2 Å². The van der Waals surface area contributed by atoms with Gasteiger partial charge < -0.3 is 9.45 Å². The highest BCUT2D eigenvalue weighted by molar-refractivity contribution is 7.90. The lowest BCUT2D eigenvalue weighted by Crippen LogP contribution is -2.32. The molecule has 2 heterocycles. The van der Waals surface area contributed by atoms with E-state index < -0.39 is 11.2 Å². The molecule has 1 aliphatic heterocycles. The summed E-state index contributed by atoms with van der Waals surface area (Å²) in [6.45, 7) is 1.39. The van der Waals surface area contributed by atoms with E-state index in [9.17, 15) is 4.55 Å². The highest BCUT2D eigenvalue weighted by Crippen LogP contribution is 2.35. The van der Waals surface area contributed by atoms with E-state index >= 15 is 0 Å². The first-order valence-corrected chi connectivity index (χ1v) is 10.2. The first-order chi connectivity index (χ1) is 12.0. The molecule has 25 heavy (non-hydrogen) atoms. The lowest BCUT2D eigenvalue weighted by molar-refractivity contribution is 0.587. The van der Waals surface area contributed by atoms with Crippen LogP contribution in [0.1, 0.15) is 11.3 Å². The summed E-state index contributed by atoms with van der Waals surface area (Å²) in [5, 5.41) is 3.56. The fourth-order valence-electron chi connectivity index (χ4n) is 3.24. The Hall–Kier alpha value is -1.53. The third-order valence-corrected chi connectivity index (χ3v) is 5.75. The van der Waals surface area contributed by atoms with Gasteiger partial charge in [0.25, 0.3) is 0 Å². The van der Waals surface area contributed by atoms with Crippen molar-refractivity contribution in [2.45, 2.75) is 18.1 Å². The molecule has 1 unspecified atom stereocenters. The van der Waals surface area contributed by atoms with E-state index in [2.05, 4.69) is 33.1 Å². The maximum absolute atomic E-state index is 11.8. The first kappa shape index (κ1) is 16.9. The molecule has 0 spiro atoms. The molecule has 2 aromatic carbocycles. The van der Waals surface area contributed by atoms with Crippen molar-refractivity contribution in [3.05, 3.63) is 57.8 Å². The third-order valence-electron chi connectivity index (χ3n) is 4.42. The highest BCUT2D eigenvalue weighted by Gasteiger charge is 2.25. The van der Waals surface area contributed by atoms with Crippen molar-refractivity contribution in [1.82, 2.24) is 9.97 Å². The van der Waals surface area contributed by atoms with Gasteiger partial charge in [-0.2, -0.15) is 9.97 Å². The summed E-state index contributed by atoms with van der Waals surface area (Å²) < 4.78 is 11.8. The third kappa shape index (κ3) is 3.06. The van der Waals surface area contributed by atoms with Crippen LogP contribution >= 0.6 is 23.2 Å². The predicted molar refractivity (Wildman–Crippen MR) is 103 cm³/mol. The number of aromatic nitrogens is 2. The monoisotopic (exact) mass is 391 g/mol. The molecule has 0 radical (unpaired) electrons. The van der Waals surface area contributed by atoms with Crippen molar-refractivity contribution in [2.75, 3.05) is 17.7 Å². The van der Waals surface area contributed by atoms with Gasteiger partial charge in [0, 0.05) is 34.4 Å². The summed E-state index contributed by atoms with van der Waals surface area (Å²) in [6, 6.07) is 12.1. The van der Waals surface area contributed by atoms with E-state index in [1.165, 1.54) is 0 Å². The SMILES string of the molecule is C[S+]([O-])c1nc(Cl)c2c(n1)CN(c1cccc3cccc(Cl)c13)CC2. The predicted octanol–water partition coefficient (Wildman–Crippen LogP) is 4.24. The topological polar surface area (TPSA) is 52.1 Å². The van der Waals surface area contributed by atoms with Crippen molar-refractivity contribution in [2.24, 2.45) is 0 Å². The average molecular weight is 392 g/mol. The standard InChI is InChI=1S/C18H15Cl2N3OS/c1-25(24)18-21-14-10-23(9-8-12(14)17(20)22-18)15-7-3-5-11-4-2-6-13(19)16(11)15/h2-7H,8-10H2,1H3. The Morgan fingerprint density at radius 2 is 1.88 bits per heavy atom. The summed E-state index contributed by atoms with van der Waals surface area (Å²) in [5.41, 5.74) is 2.85. The van der Waals surface area contributed by atoms with Gasteiger partial charge in [-0.25, -0.2) is 0 Å². The van der Waals surface area contributed by atoms with E-state index in [0.29, 0.717) is 11.7 Å². The quantitative estimate of drug-likeness (QED) is 0.372. The Bertz CT molecular complexity index is 959. The molecule has 0 aliphatic carbocycles. The number of rotatable bonds is 2. The number of benzene rings is 2. The Labute approximate surface area is 159 Å². The molecule has 0 fully saturated rings. The molecular weight excluding hydrogens is 377 g/mol. The van der Waals surface area contributed by atoms with Crippen molar-refractivity contribution in [3.63, 3.8) is 0 Å². The fourth-order valence-corrected chi connectivity index (χ4v) is 4.31. The van der Waals surface area contributed by atoms with E-state index in [1.807, 2.05) is 18.2 Å². The molecule has 0 saturated carbocycles. The molecule has 1 atom stereocenters. The second-order valence-electron chi connectivity index (χ2n) is 5.96. The minimum Gasteiger partial charge on any atom is -0.609 e. The number of nitrogens with zero attached hydrogens (tertiary/aromatic N) is 3. The van der Waals surface area contributed by atoms with Gasteiger partial charge in [-0.15, -0.1) is 0 Å². The number of hydrogen-bond donors (Lipinski definition) is 0. The Morgan fingerprint density at radius 3 is 2.64 bits per heavy atom. The van der Waals surface area contributed by atoms with Crippen LogP contribution in [0.3, 0.4) is 0 Å². The lowest BCUT2D eigenvalue weighted by atomic mass is 10.0. The molecule has 128 valence electrons. The summed E-state index contributed by atoms with van der Waals surface area (Å²) >= 11 is 11.5. The van der Waals surface area contributed by atoms with Crippen LogP contribution in [-0.2, 0) is 24.1 Å². The molecule has 4 rings (SSSR count). The summed E-state index contributed by atoms with van der Waals surface area (Å²) in [4.78, 5) is 10.9. The molecular formula is C18H15Cl2N3OS. The maximum atomic E-state index is 11.8. The molecule has 1 aromatic heterocycles. The van der Waals surface area contributed by atoms with Crippen LogP contribution in [0.15, 0.2) is 41.6 Å². The zero-order valence-electron chi connectivity index (χ0n) is 13.5. The van der Waals surface area contributed by atoms with Gasteiger partial charge in [-0.3, -0.25) is 0 Å². The van der Waals surface area contributed by atoms with Crippen LogP contribution in [0.2, 0.25) is 10.2 Å². The molecule has 4 nitrogen and oxygen atoms in total. The van der Waals surface area contributed by atoms with Crippen LogP contribution in [0, 0.1) is 0 Å². The van der Waals surface area contributed by atoms with Crippen molar-refractivity contribution < 1.29 is 4.55 Å². The minimum atomic E-state index is -1.27. The highest BCUT2D eigenvalue weighted by atomic mass is 35.5. The minimum absolute atomic E-state index is 0.279. The molecule has 0 saturated heterocycles. The average Bonchev–Trinajstić information content (AvgIpc) is 2.61. The van der Waals surface area contributed by atoms with Gasteiger partial charge in [-0.1, -0.05) is 47.5 Å². The molecule has 0 amide bonds. The van der Waals surface area contributed by atoms with Crippen LogP contribution in [0.25, 0.3) is 10.8 Å². The fraction of sp³-hybridized carbons (Fsp3) is 0.222. The molecule has 7 heteroatoms. The van der Waals surface area contributed by atoms with Gasteiger partial charge in [0.2, 0.25) is 0 Å². The van der Waals surface area contributed by atoms with Gasteiger partial charge in [-0.05, 0) is 23.9 Å². The smallest absolute Gasteiger partial charge is 0.344 e. The van der Waals surface area contributed by atoms with Crippen molar-refractivity contribution >= 4 is 50.8 Å². The number of anilines is 1. The Balaban J connectivity index is 1.79. The number of hydrogen-bond acceptors (Lipinski definition) is 4. The first-order valence-electron chi connectivity index (χ1n) is 7.85. The number of halogens is 2. The second-order valence-corrected chi connectivity index (χ2v) is 8.00. The van der Waals surface area contributed by atoms with Crippen molar-refractivity contribution in [1.29, 1.82) is 0 Å². The van der Waals surface area contributed by atoms with Crippen LogP contribution in [0.4, 0.5) is 5.69 Å².